The van der Waals surface area contributed by atoms with Crippen molar-refractivity contribution >= 4 is 59.3 Å². The topological polar surface area (TPSA) is 316 Å². The van der Waals surface area contributed by atoms with Gasteiger partial charge in [-0.3, -0.25) is 43.2 Å². The molecule has 0 aliphatic rings. The molecule has 0 aromatic carbocycles. The molecule has 0 saturated heterocycles. The number of aliphatic carboxylic acids is 3. The maximum absolute atomic E-state index is 14.1. The van der Waals surface area contributed by atoms with Crippen molar-refractivity contribution < 1.29 is 63.3 Å². The lowest BCUT2D eigenvalue weighted by Crippen LogP contribution is -2.61. The maximum Gasteiger partial charge on any atom is 0.326 e. The molecule has 420 valence electrons. The van der Waals surface area contributed by atoms with Crippen LogP contribution in [0.2, 0.25) is 0 Å². The van der Waals surface area contributed by atoms with E-state index in [1.54, 1.807) is 55.4 Å². The van der Waals surface area contributed by atoms with Crippen LogP contribution in [0.1, 0.15) is 199 Å². The van der Waals surface area contributed by atoms with E-state index >= 15 is 0 Å². The second-order valence-corrected chi connectivity index (χ2v) is 22.2. The summed E-state index contributed by atoms with van der Waals surface area (Å²) in [7, 11) is 0. The average molecular weight is 1040 g/mol. The smallest absolute Gasteiger partial charge is 0.326 e. The van der Waals surface area contributed by atoms with E-state index < -0.39 is 120 Å². The van der Waals surface area contributed by atoms with Crippen LogP contribution in [-0.4, -0.2) is 117 Å². The number of rotatable bonds is 40. The highest BCUT2D eigenvalue weighted by Gasteiger charge is 2.36. The van der Waals surface area contributed by atoms with Crippen molar-refractivity contribution in [3.05, 3.63) is 0 Å². The summed E-state index contributed by atoms with van der Waals surface area (Å²) in [6, 6.07) is -9.39. The number of unbranched alkanes of at least 4 members (excludes halogenated alkanes) is 8. The van der Waals surface area contributed by atoms with Crippen molar-refractivity contribution in [2.75, 3.05) is 0 Å². The Hall–Kier alpha value is -5.30. The van der Waals surface area contributed by atoms with Crippen LogP contribution in [0.15, 0.2) is 0 Å². The molecule has 0 aromatic heterocycles. The first kappa shape index (κ1) is 67.7. The number of carbonyl (C=O) groups excluding carboxylic acids is 7. The highest BCUT2D eigenvalue weighted by Crippen LogP contribution is 2.16. The molecule has 20 heteroatoms. The molecular weight excluding hydrogens is 943 g/mol. The molecule has 0 aliphatic carbocycles. The predicted octanol–water partition coefficient (Wildman–Crippen LogP) is 5.59. The van der Waals surface area contributed by atoms with E-state index in [-0.39, 0.29) is 62.2 Å². The van der Waals surface area contributed by atoms with Gasteiger partial charge in [0, 0.05) is 12.8 Å². The highest BCUT2D eigenvalue weighted by atomic mass is 16.4. The minimum absolute atomic E-state index is 0.0513. The van der Waals surface area contributed by atoms with Crippen molar-refractivity contribution in [1.29, 1.82) is 0 Å². The van der Waals surface area contributed by atoms with E-state index in [4.69, 9.17) is 0 Å². The predicted molar refractivity (Wildman–Crippen MR) is 279 cm³/mol. The van der Waals surface area contributed by atoms with Crippen LogP contribution >= 0.6 is 0 Å². The standard InChI is InChI=1S/C53H95N7O13/c1-31(2)22-20-18-16-14-13-15-17-19-21-23-43(61)54-37(24-25-44(62)63)47(66)55-38(26-32(3)4)48(67)57-40(28-34(7)8)51(70)60-46(36(11)12)52(71)58-41(30-45(64)65)50(69)56-39(27-33(5)6)49(68)59-42(53(72)73)29-35(9)10/h31-42,46H,13-30H2,1-12H3,(H,54,61)(H,55,66)(H,56,69)(H,57,67)(H,58,71)(H,59,68)(H,60,70)(H,62,63)(H,64,65)(H,72,73)/t37-,38+,39-,40-,41+,42?,46+/m1/s1. The summed E-state index contributed by atoms with van der Waals surface area (Å²) >= 11 is 0. The van der Waals surface area contributed by atoms with E-state index in [1.807, 2.05) is 13.8 Å². The third-order valence-electron chi connectivity index (χ3n) is 12.1. The minimum Gasteiger partial charge on any atom is -0.481 e. The van der Waals surface area contributed by atoms with Crippen LogP contribution in [0.5, 0.6) is 0 Å². The molecule has 0 fully saturated rings. The fraction of sp³-hybridized carbons (Fsp3) is 0.811. The molecule has 0 radical (unpaired) electrons. The Morgan fingerprint density at radius 2 is 0.685 bits per heavy atom. The van der Waals surface area contributed by atoms with Gasteiger partial charge in [0.2, 0.25) is 41.4 Å². The Bertz CT molecular complexity index is 1750. The number of carboxylic acids is 3. The fourth-order valence-corrected chi connectivity index (χ4v) is 8.20. The molecule has 0 bridgehead atoms. The summed E-state index contributed by atoms with van der Waals surface area (Å²) in [5.41, 5.74) is 0. The van der Waals surface area contributed by atoms with Crippen LogP contribution in [-0.2, 0) is 47.9 Å². The molecule has 7 amide bonds. The van der Waals surface area contributed by atoms with Gasteiger partial charge < -0.3 is 52.5 Å². The highest BCUT2D eigenvalue weighted by molar-refractivity contribution is 5.98. The van der Waals surface area contributed by atoms with E-state index in [0.717, 1.165) is 31.6 Å². The number of carbonyl (C=O) groups is 10. The Kier molecular flexibility index (Phi) is 33.9. The summed E-state index contributed by atoms with van der Waals surface area (Å²) < 4.78 is 0. The lowest BCUT2D eigenvalue weighted by Gasteiger charge is -2.29. The Labute approximate surface area is 435 Å². The molecule has 0 aromatic rings. The first-order valence-electron chi connectivity index (χ1n) is 26.8. The molecule has 0 saturated carbocycles. The first-order chi connectivity index (χ1) is 34.0. The van der Waals surface area contributed by atoms with E-state index in [1.165, 1.54) is 32.1 Å². The van der Waals surface area contributed by atoms with Gasteiger partial charge in [-0.25, -0.2) is 4.79 Å². The van der Waals surface area contributed by atoms with Crippen molar-refractivity contribution in [1.82, 2.24) is 37.2 Å². The molecule has 1 unspecified atom stereocenters. The molecule has 0 heterocycles. The summed E-state index contributed by atoms with van der Waals surface area (Å²) in [6.45, 7) is 22.0. The van der Waals surface area contributed by atoms with Gasteiger partial charge in [0.25, 0.3) is 0 Å². The van der Waals surface area contributed by atoms with E-state index in [0.29, 0.717) is 6.42 Å². The van der Waals surface area contributed by atoms with Crippen LogP contribution in [0.3, 0.4) is 0 Å². The Morgan fingerprint density at radius 1 is 0.329 bits per heavy atom. The zero-order valence-corrected chi connectivity index (χ0v) is 46.2. The number of carboxylic acid groups (broad SMARTS) is 3. The lowest BCUT2D eigenvalue weighted by molar-refractivity contribution is -0.143. The third-order valence-corrected chi connectivity index (χ3v) is 12.1. The van der Waals surface area contributed by atoms with Crippen molar-refractivity contribution in [3.63, 3.8) is 0 Å². The minimum atomic E-state index is -1.74. The van der Waals surface area contributed by atoms with Crippen molar-refractivity contribution in [3.8, 4) is 0 Å². The molecule has 10 N–H and O–H groups in total. The largest absolute Gasteiger partial charge is 0.481 e. The van der Waals surface area contributed by atoms with Gasteiger partial charge in [-0.05, 0) is 74.0 Å². The third kappa shape index (κ3) is 31.8. The monoisotopic (exact) mass is 1040 g/mol. The van der Waals surface area contributed by atoms with Crippen molar-refractivity contribution in [2.45, 2.75) is 241 Å². The van der Waals surface area contributed by atoms with Gasteiger partial charge in [0.05, 0.1) is 6.42 Å². The second kappa shape index (κ2) is 36.6. The molecule has 0 rings (SSSR count). The molecule has 0 aliphatic heterocycles. The number of hydrogen-bond acceptors (Lipinski definition) is 10. The number of hydrogen-bond donors (Lipinski definition) is 10. The SMILES string of the molecule is CC(C)CCCCCCCCCCCC(=O)N[C@H](CCC(=O)O)C(=O)N[C@@H](CC(C)C)C(=O)N[C@H](CC(C)C)C(=O)N[C@H](C(=O)N[C@@H](CC(=O)O)C(=O)N[C@H](CC(C)C)C(=O)NC(CC(C)C)C(=O)O)C(C)C. The van der Waals surface area contributed by atoms with Gasteiger partial charge in [0.15, 0.2) is 0 Å². The van der Waals surface area contributed by atoms with Crippen LogP contribution < -0.4 is 37.2 Å². The van der Waals surface area contributed by atoms with Crippen molar-refractivity contribution in [2.24, 2.45) is 35.5 Å². The summed E-state index contributed by atoms with van der Waals surface area (Å²) in [5.74, 6) is -9.95. The maximum atomic E-state index is 14.1. The lowest BCUT2D eigenvalue weighted by atomic mass is 9.98. The first-order valence-corrected chi connectivity index (χ1v) is 26.8. The Balaban J connectivity index is 6.15. The molecule has 20 nitrogen and oxygen atoms in total. The molecule has 7 atom stereocenters. The van der Waals surface area contributed by atoms with E-state index in [2.05, 4.69) is 51.1 Å². The van der Waals surface area contributed by atoms with Gasteiger partial charge in [-0.1, -0.05) is 141 Å². The van der Waals surface area contributed by atoms with Crippen LogP contribution in [0.25, 0.3) is 0 Å². The zero-order chi connectivity index (χ0) is 56.0. The van der Waals surface area contributed by atoms with E-state index in [9.17, 15) is 63.3 Å². The van der Waals surface area contributed by atoms with Gasteiger partial charge in [-0.2, -0.15) is 0 Å². The quantitative estimate of drug-likeness (QED) is 0.0335. The summed E-state index contributed by atoms with van der Waals surface area (Å²) in [5, 5.41) is 46.9. The summed E-state index contributed by atoms with van der Waals surface area (Å²) in [6.07, 6.45) is 9.67. The average Bonchev–Trinajstić information content (AvgIpc) is 3.26. The molecular formula is C53H95N7O13. The summed E-state index contributed by atoms with van der Waals surface area (Å²) in [4.78, 5) is 131. The second-order valence-electron chi connectivity index (χ2n) is 22.2. The van der Waals surface area contributed by atoms with Gasteiger partial charge in [0.1, 0.15) is 42.3 Å². The van der Waals surface area contributed by atoms with Gasteiger partial charge >= 0.3 is 17.9 Å². The fourth-order valence-electron chi connectivity index (χ4n) is 8.20. The zero-order valence-electron chi connectivity index (χ0n) is 46.2. The molecule has 73 heavy (non-hydrogen) atoms. The molecule has 0 spiro atoms. The van der Waals surface area contributed by atoms with Gasteiger partial charge in [-0.15, -0.1) is 0 Å². The Morgan fingerprint density at radius 3 is 1.07 bits per heavy atom. The van der Waals surface area contributed by atoms with Crippen LogP contribution in [0.4, 0.5) is 0 Å². The van der Waals surface area contributed by atoms with Crippen LogP contribution in [0, 0.1) is 35.5 Å². The number of amides is 7. The number of nitrogens with one attached hydrogen (secondary N) is 7. The normalized spacial score (nSPS) is 14.4.